The van der Waals surface area contributed by atoms with Gasteiger partial charge in [0.05, 0.1) is 17.9 Å². The van der Waals surface area contributed by atoms with E-state index in [0.717, 1.165) is 31.5 Å². The Kier molecular flexibility index (Phi) is 6.19. The fourth-order valence-corrected chi connectivity index (χ4v) is 3.34. The predicted octanol–water partition coefficient (Wildman–Crippen LogP) is 2.75. The van der Waals surface area contributed by atoms with Gasteiger partial charge in [-0.2, -0.15) is 0 Å². The summed E-state index contributed by atoms with van der Waals surface area (Å²) in [5, 5.41) is 3.10. The van der Waals surface area contributed by atoms with E-state index in [1.54, 1.807) is 37.4 Å². The second kappa shape index (κ2) is 8.77. The number of esters is 1. The van der Waals surface area contributed by atoms with Crippen LogP contribution in [0.5, 0.6) is 0 Å². The van der Waals surface area contributed by atoms with Crippen LogP contribution in [0.3, 0.4) is 0 Å². The first kappa shape index (κ1) is 19.0. The number of benzene rings is 1. The molecule has 0 aliphatic carbocycles. The Balaban J connectivity index is 1.74. The van der Waals surface area contributed by atoms with E-state index in [0.29, 0.717) is 23.4 Å². The van der Waals surface area contributed by atoms with Crippen LogP contribution in [0.4, 0.5) is 0 Å². The van der Waals surface area contributed by atoms with Gasteiger partial charge in [0.2, 0.25) is 0 Å². The number of ether oxygens (including phenoxy) is 1. The average molecular weight is 367 g/mol. The Labute approximate surface area is 159 Å². The molecule has 0 spiro atoms. The lowest BCUT2D eigenvalue weighted by atomic mass is 10.0. The lowest BCUT2D eigenvalue weighted by molar-refractivity contribution is 0.0526. The molecule has 0 radical (unpaired) electrons. The molecule has 3 rings (SSSR count). The first-order valence-corrected chi connectivity index (χ1v) is 9.30. The number of likely N-dealkylation sites (N-methyl/N-ethyl adjacent to an activating group) is 1. The molecule has 1 aromatic heterocycles. The van der Waals surface area contributed by atoms with Gasteiger partial charge in [0.15, 0.2) is 0 Å². The SMILES string of the molecule is CCOC(=O)c1cccnc1-c1ccc(C(=O)N[C@@H]2CCCN(C)C2)cc1. The summed E-state index contributed by atoms with van der Waals surface area (Å²) in [7, 11) is 2.07. The van der Waals surface area contributed by atoms with Crippen LogP contribution >= 0.6 is 0 Å². The molecule has 1 aliphatic heterocycles. The Hall–Kier alpha value is -2.73. The largest absolute Gasteiger partial charge is 0.462 e. The monoisotopic (exact) mass is 367 g/mol. The van der Waals surface area contributed by atoms with E-state index in [-0.39, 0.29) is 11.9 Å². The van der Waals surface area contributed by atoms with Crippen molar-refractivity contribution in [2.24, 2.45) is 0 Å². The fourth-order valence-electron chi connectivity index (χ4n) is 3.34. The molecule has 1 atom stereocenters. The van der Waals surface area contributed by atoms with Crippen molar-refractivity contribution in [3.05, 3.63) is 53.7 Å². The Morgan fingerprint density at radius 1 is 1.26 bits per heavy atom. The molecule has 1 amide bonds. The van der Waals surface area contributed by atoms with Crippen LogP contribution in [-0.2, 0) is 4.74 Å². The zero-order valence-electron chi connectivity index (χ0n) is 15.8. The maximum Gasteiger partial charge on any atom is 0.340 e. The van der Waals surface area contributed by atoms with Crippen molar-refractivity contribution in [2.45, 2.75) is 25.8 Å². The van der Waals surface area contributed by atoms with Gasteiger partial charge in [-0.3, -0.25) is 9.78 Å². The number of aromatic nitrogens is 1. The van der Waals surface area contributed by atoms with Gasteiger partial charge < -0.3 is 15.0 Å². The second-order valence-electron chi connectivity index (χ2n) is 6.77. The first-order chi connectivity index (χ1) is 13.1. The minimum atomic E-state index is -0.399. The normalized spacial score (nSPS) is 17.3. The summed E-state index contributed by atoms with van der Waals surface area (Å²) in [5.74, 6) is -0.475. The van der Waals surface area contributed by atoms with Crippen LogP contribution in [0.15, 0.2) is 42.6 Å². The molecular weight excluding hydrogens is 342 g/mol. The molecule has 2 aromatic rings. The summed E-state index contributed by atoms with van der Waals surface area (Å²) in [6.07, 6.45) is 3.74. The van der Waals surface area contributed by atoms with Crippen LogP contribution in [0.1, 0.15) is 40.5 Å². The van der Waals surface area contributed by atoms with Crippen molar-refractivity contribution < 1.29 is 14.3 Å². The van der Waals surface area contributed by atoms with Gasteiger partial charge in [-0.1, -0.05) is 12.1 Å². The molecular formula is C21H25N3O3. The van der Waals surface area contributed by atoms with E-state index < -0.39 is 5.97 Å². The Bertz CT molecular complexity index is 805. The van der Waals surface area contributed by atoms with Crippen LogP contribution in [-0.4, -0.2) is 54.5 Å². The molecule has 1 fully saturated rings. The van der Waals surface area contributed by atoms with Gasteiger partial charge >= 0.3 is 5.97 Å². The summed E-state index contributed by atoms with van der Waals surface area (Å²) in [4.78, 5) is 31.2. The molecule has 0 bridgehead atoms. The number of carbonyl (C=O) groups is 2. The van der Waals surface area contributed by atoms with Crippen LogP contribution in [0, 0.1) is 0 Å². The number of likely N-dealkylation sites (tertiary alicyclic amines) is 1. The third-order valence-electron chi connectivity index (χ3n) is 4.68. The summed E-state index contributed by atoms with van der Waals surface area (Å²) in [5.41, 5.74) is 2.34. The molecule has 1 aromatic carbocycles. The van der Waals surface area contributed by atoms with E-state index in [2.05, 4.69) is 22.2 Å². The second-order valence-corrected chi connectivity index (χ2v) is 6.77. The summed E-state index contributed by atoms with van der Waals surface area (Å²) in [6, 6.07) is 10.7. The van der Waals surface area contributed by atoms with Crippen molar-refractivity contribution >= 4 is 11.9 Å². The summed E-state index contributed by atoms with van der Waals surface area (Å²) >= 11 is 0. The maximum absolute atomic E-state index is 12.5. The molecule has 0 saturated carbocycles. The van der Waals surface area contributed by atoms with E-state index in [1.165, 1.54) is 0 Å². The van der Waals surface area contributed by atoms with Gasteiger partial charge in [-0.25, -0.2) is 4.79 Å². The number of pyridine rings is 1. The summed E-state index contributed by atoms with van der Waals surface area (Å²) in [6.45, 7) is 4.03. The number of hydrogen-bond donors (Lipinski definition) is 1. The Morgan fingerprint density at radius 2 is 2.04 bits per heavy atom. The molecule has 27 heavy (non-hydrogen) atoms. The number of nitrogens with one attached hydrogen (secondary N) is 1. The quantitative estimate of drug-likeness (QED) is 0.823. The number of hydrogen-bond acceptors (Lipinski definition) is 5. The van der Waals surface area contributed by atoms with Gasteiger partial charge in [-0.05, 0) is 57.6 Å². The van der Waals surface area contributed by atoms with E-state index in [9.17, 15) is 9.59 Å². The standard InChI is InChI=1S/C21H25N3O3/c1-3-27-21(26)18-7-4-12-22-19(18)15-8-10-16(11-9-15)20(25)23-17-6-5-13-24(2)14-17/h4,7-12,17H,3,5-6,13-14H2,1-2H3,(H,23,25)/t17-/m1/s1. The summed E-state index contributed by atoms with van der Waals surface area (Å²) < 4.78 is 5.10. The third kappa shape index (κ3) is 4.71. The number of nitrogens with zero attached hydrogens (tertiary/aromatic N) is 2. The van der Waals surface area contributed by atoms with Gasteiger partial charge in [-0.15, -0.1) is 0 Å². The highest BCUT2D eigenvalue weighted by atomic mass is 16.5. The number of amides is 1. The minimum absolute atomic E-state index is 0.0755. The van der Waals surface area contributed by atoms with Gasteiger partial charge in [0, 0.05) is 29.9 Å². The lowest BCUT2D eigenvalue weighted by Gasteiger charge is -2.30. The van der Waals surface area contributed by atoms with E-state index in [4.69, 9.17) is 4.74 Å². The highest BCUT2D eigenvalue weighted by molar-refractivity contribution is 5.97. The number of rotatable bonds is 5. The van der Waals surface area contributed by atoms with Crippen LogP contribution in [0.25, 0.3) is 11.3 Å². The van der Waals surface area contributed by atoms with Crippen molar-refractivity contribution in [1.29, 1.82) is 0 Å². The van der Waals surface area contributed by atoms with E-state index >= 15 is 0 Å². The zero-order valence-corrected chi connectivity index (χ0v) is 15.8. The third-order valence-corrected chi connectivity index (χ3v) is 4.68. The molecule has 142 valence electrons. The molecule has 2 heterocycles. The van der Waals surface area contributed by atoms with Crippen LogP contribution < -0.4 is 5.32 Å². The lowest BCUT2D eigenvalue weighted by Crippen LogP contribution is -2.46. The number of piperidine rings is 1. The highest BCUT2D eigenvalue weighted by Gasteiger charge is 2.20. The fraction of sp³-hybridized carbons (Fsp3) is 0.381. The first-order valence-electron chi connectivity index (χ1n) is 9.30. The maximum atomic E-state index is 12.5. The molecule has 1 aliphatic rings. The van der Waals surface area contributed by atoms with Crippen LogP contribution in [0.2, 0.25) is 0 Å². The van der Waals surface area contributed by atoms with Crippen molar-refractivity contribution in [1.82, 2.24) is 15.2 Å². The van der Waals surface area contributed by atoms with Gasteiger partial charge in [0.25, 0.3) is 5.91 Å². The smallest absolute Gasteiger partial charge is 0.340 e. The predicted molar refractivity (Wildman–Crippen MR) is 104 cm³/mol. The molecule has 6 nitrogen and oxygen atoms in total. The van der Waals surface area contributed by atoms with Crippen molar-refractivity contribution in [3.63, 3.8) is 0 Å². The van der Waals surface area contributed by atoms with Gasteiger partial charge in [0.1, 0.15) is 0 Å². The zero-order chi connectivity index (χ0) is 19.2. The topological polar surface area (TPSA) is 71.5 Å². The number of carbonyl (C=O) groups excluding carboxylic acids is 2. The average Bonchev–Trinajstić information content (AvgIpc) is 2.68. The minimum Gasteiger partial charge on any atom is -0.462 e. The van der Waals surface area contributed by atoms with E-state index in [1.807, 2.05) is 12.1 Å². The Morgan fingerprint density at radius 3 is 2.74 bits per heavy atom. The molecule has 6 heteroatoms. The molecule has 0 unspecified atom stereocenters. The van der Waals surface area contributed by atoms with Crippen molar-refractivity contribution in [3.8, 4) is 11.3 Å². The molecule has 1 N–H and O–H groups in total. The van der Waals surface area contributed by atoms with Crippen molar-refractivity contribution in [2.75, 3.05) is 26.7 Å². The highest BCUT2D eigenvalue weighted by Crippen LogP contribution is 2.22. The molecule has 1 saturated heterocycles.